The maximum Gasteiger partial charge on any atom is 0.297 e. The van der Waals surface area contributed by atoms with Gasteiger partial charge in [-0.25, -0.2) is 0 Å². The van der Waals surface area contributed by atoms with Gasteiger partial charge in [-0.1, -0.05) is 54.1 Å². The fraction of sp³-hybridized carbons (Fsp3) is 0.118. The lowest BCUT2D eigenvalue weighted by atomic mass is 9.99. The Bertz CT molecular complexity index is 574. The molecule has 2 aromatic rings. The van der Waals surface area contributed by atoms with Crippen molar-refractivity contribution in [2.45, 2.75) is 12.8 Å². The van der Waals surface area contributed by atoms with Crippen LogP contribution in [-0.4, -0.2) is 6.47 Å². The fourth-order valence-electron chi connectivity index (χ4n) is 1.96. The Kier molecular flexibility index (Phi) is 5.39. The average molecular weight is 287 g/mol. The first-order valence-electron chi connectivity index (χ1n) is 6.37. The monoisotopic (exact) mass is 286 g/mol. The second-order valence-corrected chi connectivity index (χ2v) is 4.80. The minimum atomic E-state index is 0.436. The van der Waals surface area contributed by atoms with Crippen LogP contribution in [0.5, 0.6) is 0 Å². The molecule has 2 aromatic carbocycles. The van der Waals surface area contributed by atoms with Gasteiger partial charge in [-0.2, -0.15) is 0 Å². The Hall–Kier alpha value is -2.06. The normalized spacial score (nSPS) is 11.2. The first-order valence-corrected chi connectivity index (χ1v) is 6.75. The van der Waals surface area contributed by atoms with Gasteiger partial charge in [0.05, 0.1) is 6.26 Å². The summed E-state index contributed by atoms with van der Waals surface area (Å²) in [6.45, 7) is 0.436. The van der Waals surface area contributed by atoms with Gasteiger partial charge in [-0.15, -0.1) is 0 Å². The molecule has 0 aromatic heterocycles. The number of aryl methyl sites for hydroxylation is 1. The van der Waals surface area contributed by atoms with E-state index >= 15 is 0 Å². The van der Waals surface area contributed by atoms with Crippen LogP contribution in [0.4, 0.5) is 0 Å². The van der Waals surface area contributed by atoms with E-state index in [4.69, 9.17) is 16.3 Å². The Morgan fingerprint density at radius 1 is 1.05 bits per heavy atom. The predicted molar refractivity (Wildman–Crippen MR) is 81.3 cm³/mol. The van der Waals surface area contributed by atoms with Crippen molar-refractivity contribution in [3.63, 3.8) is 0 Å². The maximum atomic E-state index is 10.4. The highest BCUT2D eigenvalue weighted by Crippen LogP contribution is 2.21. The molecular weight excluding hydrogens is 272 g/mol. The lowest BCUT2D eigenvalue weighted by Crippen LogP contribution is -1.91. The number of allylic oxidation sites excluding steroid dienone is 1. The Morgan fingerprint density at radius 3 is 2.40 bits per heavy atom. The van der Waals surface area contributed by atoms with Crippen LogP contribution in [0.25, 0.3) is 5.57 Å². The van der Waals surface area contributed by atoms with E-state index in [9.17, 15) is 4.79 Å². The molecule has 0 saturated carbocycles. The summed E-state index contributed by atoms with van der Waals surface area (Å²) in [7, 11) is 0. The third kappa shape index (κ3) is 4.25. The molecule has 0 aliphatic rings. The van der Waals surface area contributed by atoms with Crippen LogP contribution in [0.3, 0.4) is 0 Å². The maximum absolute atomic E-state index is 10.4. The Balaban J connectivity index is 2.09. The molecule has 20 heavy (non-hydrogen) atoms. The molecule has 0 N–H and O–H groups in total. The SMILES string of the molecule is O=CO/C=C(\CCc1ccc(Cl)cc1)c1ccccc1. The smallest absolute Gasteiger partial charge is 0.297 e. The molecule has 0 atom stereocenters. The van der Waals surface area contributed by atoms with Crippen molar-refractivity contribution in [2.75, 3.05) is 0 Å². The second-order valence-electron chi connectivity index (χ2n) is 4.37. The van der Waals surface area contributed by atoms with Gasteiger partial charge < -0.3 is 4.74 Å². The zero-order chi connectivity index (χ0) is 14.2. The van der Waals surface area contributed by atoms with Crippen molar-refractivity contribution >= 4 is 23.6 Å². The highest BCUT2D eigenvalue weighted by Gasteiger charge is 2.03. The molecule has 0 aliphatic heterocycles. The number of benzene rings is 2. The average Bonchev–Trinajstić information content (AvgIpc) is 2.50. The van der Waals surface area contributed by atoms with Crippen LogP contribution in [0.1, 0.15) is 17.5 Å². The molecule has 0 radical (unpaired) electrons. The summed E-state index contributed by atoms with van der Waals surface area (Å²) in [5.74, 6) is 0. The van der Waals surface area contributed by atoms with E-state index in [-0.39, 0.29) is 0 Å². The molecule has 3 heteroatoms. The topological polar surface area (TPSA) is 26.3 Å². The molecule has 2 rings (SSSR count). The van der Waals surface area contributed by atoms with Crippen molar-refractivity contribution in [3.05, 3.63) is 77.0 Å². The molecule has 102 valence electrons. The standard InChI is InChI=1S/C17H15ClO2/c18-17-10-7-14(8-11-17)6-9-16(12-20-13-19)15-4-2-1-3-5-15/h1-5,7-8,10-13H,6,9H2/b16-12+. The highest BCUT2D eigenvalue weighted by atomic mass is 35.5. The largest absolute Gasteiger partial charge is 0.436 e. The molecule has 0 bridgehead atoms. The third-order valence-corrected chi connectivity index (χ3v) is 3.26. The first kappa shape index (κ1) is 14.4. The van der Waals surface area contributed by atoms with E-state index in [1.165, 1.54) is 11.8 Å². The molecule has 0 amide bonds. The zero-order valence-corrected chi connectivity index (χ0v) is 11.7. The summed E-state index contributed by atoms with van der Waals surface area (Å²) in [6.07, 6.45) is 3.16. The van der Waals surface area contributed by atoms with Crippen molar-refractivity contribution in [1.82, 2.24) is 0 Å². The summed E-state index contributed by atoms with van der Waals surface area (Å²) in [5.41, 5.74) is 3.25. The van der Waals surface area contributed by atoms with E-state index in [1.54, 1.807) is 0 Å². The summed E-state index contributed by atoms with van der Waals surface area (Å²) >= 11 is 5.87. The van der Waals surface area contributed by atoms with Crippen molar-refractivity contribution < 1.29 is 9.53 Å². The lowest BCUT2D eigenvalue weighted by molar-refractivity contribution is -0.123. The minimum Gasteiger partial charge on any atom is -0.436 e. The summed E-state index contributed by atoms with van der Waals surface area (Å²) < 4.78 is 4.79. The quantitative estimate of drug-likeness (QED) is 0.578. The first-order chi connectivity index (χ1) is 9.79. The third-order valence-electron chi connectivity index (χ3n) is 3.01. The van der Waals surface area contributed by atoms with Gasteiger partial charge in [0.2, 0.25) is 0 Å². The number of halogens is 1. The molecule has 0 heterocycles. The van der Waals surface area contributed by atoms with Gasteiger partial charge in [-0.05, 0) is 41.7 Å². The molecule has 2 nitrogen and oxygen atoms in total. The van der Waals surface area contributed by atoms with Gasteiger partial charge >= 0.3 is 0 Å². The van der Waals surface area contributed by atoms with Crippen molar-refractivity contribution in [1.29, 1.82) is 0 Å². The van der Waals surface area contributed by atoms with Gasteiger partial charge in [0.25, 0.3) is 6.47 Å². The summed E-state index contributed by atoms with van der Waals surface area (Å²) in [6, 6.07) is 17.7. The number of carbonyl (C=O) groups excluding carboxylic acids is 1. The Morgan fingerprint density at radius 2 is 1.75 bits per heavy atom. The highest BCUT2D eigenvalue weighted by molar-refractivity contribution is 6.30. The summed E-state index contributed by atoms with van der Waals surface area (Å²) in [5, 5.41) is 0.733. The van der Waals surface area contributed by atoms with Gasteiger partial charge in [0, 0.05) is 5.02 Å². The number of carbonyl (C=O) groups is 1. The second kappa shape index (κ2) is 7.51. The van der Waals surface area contributed by atoms with Gasteiger partial charge in [0.15, 0.2) is 0 Å². The number of ether oxygens (including phenoxy) is 1. The minimum absolute atomic E-state index is 0.436. The molecule has 0 fully saturated rings. The summed E-state index contributed by atoms with van der Waals surface area (Å²) in [4.78, 5) is 10.4. The van der Waals surface area contributed by atoms with Crippen LogP contribution >= 0.6 is 11.6 Å². The zero-order valence-electron chi connectivity index (χ0n) is 11.0. The molecular formula is C17H15ClO2. The Labute approximate surface area is 123 Å². The molecule has 0 unspecified atom stereocenters. The van der Waals surface area contributed by atoms with E-state index in [0.29, 0.717) is 6.47 Å². The van der Waals surface area contributed by atoms with E-state index in [0.717, 1.165) is 29.0 Å². The van der Waals surface area contributed by atoms with Crippen LogP contribution < -0.4 is 0 Å². The van der Waals surface area contributed by atoms with Crippen LogP contribution in [0, 0.1) is 0 Å². The van der Waals surface area contributed by atoms with Crippen molar-refractivity contribution in [3.8, 4) is 0 Å². The van der Waals surface area contributed by atoms with Crippen LogP contribution in [0.15, 0.2) is 60.9 Å². The number of rotatable bonds is 6. The number of hydrogen-bond donors (Lipinski definition) is 0. The lowest BCUT2D eigenvalue weighted by Gasteiger charge is -2.07. The predicted octanol–water partition coefficient (Wildman–Crippen LogP) is 4.49. The molecule has 0 aliphatic carbocycles. The van der Waals surface area contributed by atoms with E-state index in [2.05, 4.69) is 0 Å². The van der Waals surface area contributed by atoms with Crippen LogP contribution in [-0.2, 0) is 16.0 Å². The van der Waals surface area contributed by atoms with Gasteiger partial charge in [-0.3, -0.25) is 4.79 Å². The van der Waals surface area contributed by atoms with E-state index in [1.807, 2.05) is 54.6 Å². The molecule has 0 spiro atoms. The molecule has 0 saturated heterocycles. The fourth-order valence-corrected chi connectivity index (χ4v) is 2.09. The number of hydrogen-bond acceptors (Lipinski definition) is 2. The van der Waals surface area contributed by atoms with E-state index < -0.39 is 0 Å². The van der Waals surface area contributed by atoms with Gasteiger partial charge in [0.1, 0.15) is 0 Å². The van der Waals surface area contributed by atoms with Crippen LogP contribution in [0.2, 0.25) is 5.02 Å². The van der Waals surface area contributed by atoms with Crippen molar-refractivity contribution in [2.24, 2.45) is 0 Å².